The van der Waals surface area contributed by atoms with Crippen LogP contribution in [0.3, 0.4) is 0 Å². The predicted molar refractivity (Wildman–Crippen MR) is 136 cm³/mol. The summed E-state index contributed by atoms with van der Waals surface area (Å²) in [7, 11) is 0. The van der Waals surface area contributed by atoms with Gasteiger partial charge in [-0.15, -0.1) is 0 Å². The van der Waals surface area contributed by atoms with Gasteiger partial charge in [0.1, 0.15) is 19.3 Å². The van der Waals surface area contributed by atoms with Gasteiger partial charge in [0, 0.05) is 12.8 Å². The van der Waals surface area contributed by atoms with Crippen LogP contribution in [0.4, 0.5) is 0 Å². The van der Waals surface area contributed by atoms with E-state index in [0.717, 1.165) is 50.4 Å². The Kier molecular flexibility index (Phi) is 21.9. The smallest absolute Gasteiger partial charge is 0.305 e. The maximum absolute atomic E-state index is 11.8. The zero-order valence-electron chi connectivity index (χ0n) is 22.2. The fourth-order valence-electron chi connectivity index (χ4n) is 3.81. The summed E-state index contributed by atoms with van der Waals surface area (Å²) in [5.41, 5.74) is 0. The lowest BCUT2D eigenvalue weighted by Crippen LogP contribution is -2.25. The minimum absolute atomic E-state index is 0.113. The summed E-state index contributed by atoms with van der Waals surface area (Å²) in [6.07, 6.45) is 17.4. The monoisotopic (exact) mass is 470 g/mol. The van der Waals surface area contributed by atoms with E-state index in [2.05, 4.69) is 27.7 Å². The fourth-order valence-corrected chi connectivity index (χ4v) is 3.81. The minimum atomic E-state index is -0.954. The number of aliphatic hydroxyl groups is 1. The van der Waals surface area contributed by atoms with E-state index in [-0.39, 0.29) is 25.2 Å². The summed E-state index contributed by atoms with van der Waals surface area (Å²) in [5.74, 6) is 1.00. The standard InChI is InChI=1S/C28H54O5/c1-24(2)18-14-10-6-5-7-12-16-20-27(30)32-22-26(29)23-33-28(31)21-17-13-9-8-11-15-19-25(3)4/h24-26,29H,5-23H2,1-4H3/t26-/m1/s1. The first-order valence-electron chi connectivity index (χ1n) is 13.8. The van der Waals surface area contributed by atoms with Gasteiger partial charge in [-0.1, -0.05) is 111 Å². The van der Waals surface area contributed by atoms with E-state index < -0.39 is 6.10 Å². The molecular weight excluding hydrogens is 416 g/mol. The highest BCUT2D eigenvalue weighted by Gasteiger charge is 2.12. The number of rotatable bonds is 23. The Morgan fingerprint density at radius 1 is 0.545 bits per heavy atom. The van der Waals surface area contributed by atoms with Crippen molar-refractivity contribution in [3.63, 3.8) is 0 Å². The largest absolute Gasteiger partial charge is 0.463 e. The van der Waals surface area contributed by atoms with Gasteiger partial charge < -0.3 is 14.6 Å². The number of aliphatic hydroxyl groups excluding tert-OH is 1. The van der Waals surface area contributed by atoms with Crippen molar-refractivity contribution in [2.45, 2.75) is 143 Å². The van der Waals surface area contributed by atoms with Gasteiger partial charge in [-0.2, -0.15) is 0 Å². The fraction of sp³-hybridized carbons (Fsp3) is 0.929. The van der Waals surface area contributed by atoms with Crippen LogP contribution in [0.5, 0.6) is 0 Å². The maximum atomic E-state index is 11.8. The van der Waals surface area contributed by atoms with Crippen LogP contribution in [0.15, 0.2) is 0 Å². The van der Waals surface area contributed by atoms with E-state index in [1.807, 2.05) is 0 Å². The van der Waals surface area contributed by atoms with Crippen molar-refractivity contribution in [2.24, 2.45) is 11.8 Å². The van der Waals surface area contributed by atoms with E-state index in [0.29, 0.717) is 12.8 Å². The molecule has 1 atom stereocenters. The highest BCUT2D eigenvalue weighted by Crippen LogP contribution is 2.13. The molecule has 0 bridgehead atoms. The molecule has 0 amide bonds. The second-order valence-electron chi connectivity index (χ2n) is 10.5. The van der Waals surface area contributed by atoms with E-state index in [1.165, 1.54) is 57.8 Å². The maximum Gasteiger partial charge on any atom is 0.305 e. The average Bonchev–Trinajstić information content (AvgIpc) is 2.76. The highest BCUT2D eigenvalue weighted by atomic mass is 16.6. The van der Waals surface area contributed by atoms with Gasteiger partial charge in [-0.05, 0) is 24.7 Å². The number of carbonyl (C=O) groups is 2. The summed E-state index contributed by atoms with van der Waals surface area (Å²) < 4.78 is 10.2. The van der Waals surface area contributed by atoms with Gasteiger partial charge in [-0.3, -0.25) is 9.59 Å². The van der Waals surface area contributed by atoms with Crippen molar-refractivity contribution in [3.8, 4) is 0 Å². The quantitative estimate of drug-likeness (QED) is 0.125. The summed E-state index contributed by atoms with van der Waals surface area (Å²) in [4.78, 5) is 23.6. The molecule has 0 fully saturated rings. The Bertz CT molecular complexity index is 461. The van der Waals surface area contributed by atoms with E-state index >= 15 is 0 Å². The highest BCUT2D eigenvalue weighted by molar-refractivity contribution is 5.69. The van der Waals surface area contributed by atoms with Crippen LogP contribution in [-0.4, -0.2) is 36.4 Å². The number of ether oxygens (including phenoxy) is 2. The van der Waals surface area contributed by atoms with Crippen molar-refractivity contribution < 1.29 is 24.2 Å². The molecule has 0 aromatic rings. The molecule has 0 saturated heterocycles. The Morgan fingerprint density at radius 3 is 1.18 bits per heavy atom. The van der Waals surface area contributed by atoms with Crippen LogP contribution in [0.2, 0.25) is 0 Å². The lowest BCUT2D eigenvalue weighted by molar-refractivity contribution is -0.152. The van der Waals surface area contributed by atoms with Gasteiger partial charge in [0.2, 0.25) is 0 Å². The topological polar surface area (TPSA) is 72.8 Å². The average molecular weight is 471 g/mol. The molecule has 0 aliphatic heterocycles. The van der Waals surface area contributed by atoms with Crippen molar-refractivity contribution in [3.05, 3.63) is 0 Å². The summed E-state index contributed by atoms with van der Waals surface area (Å²) in [5, 5.41) is 9.87. The summed E-state index contributed by atoms with van der Waals surface area (Å²) in [6, 6.07) is 0. The van der Waals surface area contributed by atoms with Gasteiger partial charge in [0.05, 0.1) is 0 Å². The van der Waals surface area contributed by atoms with Crippen molar-refractivity contribution in [2.75, 3.05) is 13.2 Å². The van der Waals surface area contributed by atoms with Gasteiger partial charge >= 0.3 is 11.9 Å². The van der Waals surface area contributed by atoms with Gasteiger partial charge in [0.25, 0.3) is 0 Å². The molecule has 0 saturated carbocycles. The predicted octanol–water partition coefficient (Wildman–Crippen LogP) is 7.38. The lowest BCUT2D eigenvalue weighted by atomic mass is 10.0. The molecule has 0 aliphatic rings. The second kappa shape index (κ2) is 22.7. The van der Waals surface area contributed by atoms with Crippen LogP contribution in [0.25, 0.3) is 0 Å². The van der Waals surface area contributed by atoms with Crippen molar-refractivity contribution in [1.82, 2.24) is 0 Å². The molecule has 5 nitrogen and oxygen atoms in total. The molecule has 5 heteroatoms. The van der Waals surface area contributed by atoms with Crippen molar-refractivity contribution in [1.29, 1.82) is 0 Å². The van der Waals surface area contributed by atoms with Gasteiger partial charge in [0.15, 0.2) is 0 Å². The SMILES string of the molecule is CC(C)CCCCCCCCCC(=O)OC[C@@H](O)COC(=O)CCCCCCCCC(C)C. The number of hydrogen-bond donors (Lipinski definition) is 1. The third kappa shape index (κ3) is 25.4. The zero-order valence-corrected chi connectivity index (χ0v) is 22.2. The molecule has 0 aliphatic carbocycles. The third-order valence-corrected chi connectivity index (χ3v) is 5.95. The molecule has 0 radical (unpaired) electrons. The van der Waals surface area contributed by atoms with Crippen molar-refractivity contribution >= 4 is 11.9 Å². The molecule has 0 aromatic carbocycles. The molecular formula is C28H54O5. The Hall–Kier alpha value is -1.10. The lowest BCUT2D eigenvalue weighted by Gasteiger charge is -2.12. The molecule has 196 valence electrons. The first kappa shape index (κ1) is 31.9. The number of esters is 2. The summed E-state index contributed by atoms with van der Waals surface area (Å²) >= 11 is 0. The van der Waals surface area contributed by atoms with E-state index in [9.17, 15) is 14.7 Å². The molecule has 33 heavy (non-hydrogen) atoms. The van der Waals surface area contributed by atoms with Crippen LogP contribution in [0.1, 0.15) is 137 Å². The minimum Gasteiger partial charge on any atom is -0.463 e. The third-order valence-electron chi connectivity index (χ3n) is 5.95. The molecule has 1 N–H and O–H groups in total. The first-order chi connectivity index (χ1) is 15.8. The van der Waals surface area contributed by atoms with Crippen LogP contribution < -0.4 is 0 Å². The molecule has 0 rings (SSSR count). The van der Waals surface area contributed by atoms with Crippen LogP contribution in [0, 0.1) is 11.8 Å². The molecule has 0 aromatic heterocycles. The molecule has 0 spiro atoms. The molecule has 0 heterocycles. The van der Waals surface area contributed by atoms with Crippen LogP contribution >= 0.6 is 0 Å². The number of carbonyl (C=O) groups excluding carboxylic acids is 2. The zero-order chi connectivity index (χ0) is 24.7. The summed E-state index contributed by atoms with van der Waals surface area (Å²) in [6.45, 7) is 8.82. The van der Waals surface area contributed by atoms with E-state index in [1.54, 1.807) is 0 Å². The normalized spacial score (nSPS) is 12.3. The van der Waals surface area contributed by atoms with Crippen LogP contribution in [-0.2, 0) is 19.1 Å². The first-order valence-corrected chi connectivity index (χ1v) is 13.8. The van der Waals surface area contributed by atoms with Gasteiger partial charge in [-0.25, -0.2) is 0 Å². The number of unbranched alkanes of at least 4 members (excludes halogenated alkanes) is 11. The second-order valence-corrected chi connectivity index (χ2v) is 10.5. The van der Waals surface area contributed by atoms with E-state index in [4.69, 9.17) is 9.47 Å². The Labute approximate surface area is 204 Å². The Balaban J connectivity index is 3.47. The Morgan fingerprint density at radius 2 is 0.848 bits per heavy atom. The molecule has 0 unspecified atom stereocenters. The number of hydrogen-bond acceptors (Lipinski definition) is 5.